The monoisotopic (exact) mass is 288 g/mol. The molecule has 0 bridgehead atoms. The van der Waals surface area contributed by atoms with Crippen LogP contribution in [0.15, 0.2) is 18.2 Å². The van der Waals surface area contributed by atoms with Gasteiger partial charge < -0.3 is 4.90 Å². The van der Waals surface area contributed by atoms with E-state index < -0.39 is 0 Å². The maximum absolute atomic E-state index is 12.8. The van der Waals surface area contributed by atoms with Crippen LogP contribution in [0.25, 0.3) is 0 Å². The van der Waals surface area contributed by atoms with Crippen molar-refractivity contribution in [1.82, 2.24) is 9.80 Å². The number of rotatable bonds is 5. The van der Waals surface area contributed by atoms with Crippen LogP contribution in [0.1, 0.15) is 41.3 Å². The van der Waals surface area contributed by atoms with Gasteiger partial charge in [-0.05, 0) is 71.4 Å². The first-order valence-electron chi connectivity index (χ1n) is 7.92. The minimum Gasteiger partial charge on any atom is -0.308 e. The lowest BCUT2D eigenvalue weighted by molar-refractivity contribution is 0.0799. The van der Waals surface area contributed by atoms with Gasteiger partial charge in [-0.2, -0.15) is 0 Å². The summed E-state index contributed by atoms with van der Waals surface area (Å²) in [5, 5.41) is 0. The number of benzene rings is 1. The summed E-state index contributed by atoms with van der Waals surface area (Å²) in [4.78, 5) is 17.4. The van der Waals surface area contributed by atoms with Crippen molar-refractivity contribution in [2.75, 3.05) is 27.2 Å². The number of carbonyl (C=O) groups excluding carboxylic acids is 1. The van der Waals surface area contributed by atoms with Crippen molar-refractivity contribution in [3.05, 3.63) is 34.9 Å². The normalized spacial score (nSPS) is 21.0. The first-order valence-corrected chi connectivity index (χ1v) is 7.92. The summed E-state index contributed by atoms with van der Waals surface area (Å²) in [5.74, 6) is 0.253. The summed E-state index contributed by atoms with van der Waals surface area (Å²) in [6.07, 6.45) is 2.39. The highest BCUT2D eigenvalue weighted by molar-refractivity contribution is 6.00. The molecule has 21 heavy (non-hydrogen) atoms. The number of ketones is 1. The van der Waals surface area contributed by atoms with Crippen LogP contribution in [0.2, 0.25) is 0 Å². The van der Waals surface area contributed by atoms with E-state index in [0.29, 0.717) is 6.04 Å². The molecule has 1 fully saturated rings. The first kappa shape index (κ1) is 16.2. The van der Waals surface area contributed by atoms with Gasteiger partial charge in [-0.15, -0.1) is 0 Å². The number of hydrogen-bond donors (Lipinski definition) is 0. The minimum absolute atomic E-state index is 0.0282. The molecule has 1 aromatic rings. The second kappa shape index (κ2) is 6.71. The van der Waals surface area contributed by atoms with Gasteiger partial charge in [-0.1, -0.05) is 12.1 Å². The average Bonchev–Trinajstić information content (AvgIpc) is 2.87. The molecule has 2 rings (SSSR count). The zero-order chi connectivity index (χ0) is 15.6. The molecule has 1 heterocycles. The lowest BCUT2D eigenvalue weighted by atomic mass is 9.99. The largest absolute Gasteiger partial charge is 0.308 e. The molecule has 3 heteroatoms. The van der Waals surface area contributed by atoms with E-state index in [9.17, 15) is 4.79 Å². The van der Waals surface area contributed by atoms with E-state index >= 15 is 0 Å². The minimum atomic E-state index is -0.0282. The summed E-state index contributed by atoms with van der Waals surface area (Å²) < 4.78 is 0. The van der Waals surface area contributed by atoms with Gasteiger partial charge in [0, 0.05) is 18.2 Å². The Morgan fingerprint density at radius 3 is 2.67 bits per heavy atom. The van der Waals surface area contributed by atoms with E-state index in [1.165, 1.54) is 24.0 Å². The number of likely N-dealkylation sites (tertiary alicyclic amines) is 1. The number of nitrogens with zero attached hydrogens (tertiary/aromatic N) is 2. The third kappa shape index (κ3) is 3.72. The number of likely N-dealkylation sites (N-methyl/N-ethyl adjacent to an activating group) is 1. The van der Waals surface area contributed by atoms with Gasteiger partial charge >= 0.3 is 0 Å². The second-order valence-corrected chi connectivity index (χ2v) is 6.64. The van der Waals surface area contributed by atoms with Crippen molar-refractivity contribution in [2.45, 2.75) is 45.7 Å². The van der Waals surface area contributed by atoms with Crippen molar-refractivity contribution < 1.29 is 4.79 Å². The zero-order valence-corrected chi connectivity index (χ0v) is 14.0. The molecule has 1 aromatic carbocycles. The molecule has 0 radical (unpaired) electrons. The lowest BCUT2D eigenvalue weighted by Crippen LogP contribution is -2.46. The Balaban J connectivity index is 2.12. The Morgan fingerprint density at radius 2 is 2.05 bits per heavy atom. The van der Waals surface area contributed by atoms with Gasteiger partial charge in [0.1, 0.15) is 0 Å². The van der Waals surface area contributed by atoms with Crippen molar-refractivity contribution in [3.8, 4) is 0 Å². The predicted molar refractivity (Wildman–Crippen MR) is 88.0 cm³/mol. The Morgan fingerprint density at radius 1 is 1.33 bits per heavy atom. The van der Waals surface area contributed by atoms with Gasteiger partial charge in [0.25, 0.3) is 0 Å². The summed E-state index contributed by atoms with van der Waals surface area (Å²) in [7, 11) is 4.21. The molecule has 1 aliphatic rings. The summed E-state index contributed by atoms with van der Waals surface area (Å²) in [6.45, 7) is 8.29. The molecule has 1 saturated heterocycles. The van der Waals surface area contributed by atoms with Crippen LogP contribution in [-0.2, 0) is 0 Å². The van der Waals surface area contributed by atoms with E-state index in [1.807, 2.05) is 12.1 Å². The van der Waals surface area contributed by atoms with Crippen LogP contribution in [-0.4, -0.2) is 54.9 Å². The van der Waals surface area contributed by atoms with Crippen molar-refractivity contribution in [2.24, 2.45) is 0 Å². The molecule has 0 saturated carbocycles. The molecule has 2 atom stereocenters. The van der Waals surface area contributed by atoms with Gasteiger partial charge in [0.15, 0.2) is 5.78 Å². The summed E-state index contributed by atoms with van der Waals surface area (Å²) in [6, 6.07) is 6.53. The third-order valence-electron chi connectivity index (χ3n) is 4.67. The van der Waals surface area contributed by atoms with Gasteiger partial charge in [0.05, 0.1) is 6.04 Å². The SMILES string of the molecule is Cc1ccc(C(=O)C(C)N2CCCC2CN(C)C)cc1C. The molecule has 116 valence electrons. The number of hydrogen-bond acceptors (Lipinski definition) is 3. The van der Waals surface area contributed by atoms with E-state index in [2.05, 4.69) is 50.7 Å². The molecule has 1 aliphatic heterocycles. The topological polar surface area (TPSA) is 23.6 Å². The van der Waals surface area contributed by atoms with Crippen molar-refractivity contribution in [3.63, 3.8) is 0 Å². The lowest BCUT2D eigenvalue weighted by Gasteiger charge is -2.31. The molecular weight excluding hydrogens is 260 g/mol. The molecule has 0 aliphatic carbocycles. The summed E-state index contributed by atoms with van der Waals surface area (Å²) >= 11 is 0. The summed E-state index contributed by atoms with van der Waals surface area (Å²) in [5.41, 5.74) is 3.28. The molecule has 0 spiro atoms. The van der Waals surface area contributed by atoms with Gasteiger partial charge in [-0.3, -0.25) is 9.69 Å². The van der Waals surface area contributed by atoms with Crippen LogP contribution < -0.4 is 0 Å². The van der Waals surface area contributed by atoms with Gasteiger partial charge in [-0.25, -0.2) is 0 Å². The molecule has 2 unspecified atom stereocenters. The molecule has 3 nitrogen and oxygen atoms in total. The molecule has 0 amide bonds. The molecular formula is C18H28N2O. The third-order valence-corrected chi connectivity index (χ3v) is 4.67. The Labute approximate surface area is 128 Å². The number of Topliss-reactive ketones (excluding diaryl/α,β-unsaturated/α-hetero) is 1. The fraction of sp³-hybridized carbons (Fsp3) is 0.611. The maximum atomic E-state index is 12.8. The van der Waals surface area contributed by atoms with Crippen molar-refractivity contribution >= 4 is 5.78 Å². The van der Waals surface area contributed by atoms with E-state index in [0.717, 1.165) is 18.7 Å². The van der Waals surface area contributed by atoms with Crippen LogP contribution in [0, 0.1) is 13.8 Å². The van der Waals surface area contributed by atoms with Crippen molar-refractivity contribution in [1.29, 1.82) is 0 Å². The van der Waals surface area contributed by atoms with Gasteiger partial charge in [0.2, 0.25) is 0 Å². The van der Waals surface area contributed by atoms with E-state index in [1.54, 1.807) is 0 Å². The molecule has 0 aromatic heterocycles. The standard InChI is InChI=1S/C18H28N2O/c1-13-8-9-16(11-14(13)2)18(21)15(3)20-10-6-7-17(20)12-19(4)5/h8-9,11,15,17H,6-7,10,12H2,1-5H3. The zero-order valence-electron chi connectivity index (χ0n) is 14.0. The fourth-order valence-electron chi connectivity index (χ4n) is 3.27. The first-order chi connectivity index (χ1) is 9.90. The molecule has 0 N–H and O–H groups in total. The Kier molecular flexibility index (Phi) is 5.17. The number of carbonyl (C=O) groups is 1. The fourth-order valence-corrected chi connectivity index (χ4v) is 3.27. The quantitative estimate of drug-likeness (QED) is 0.778. The van der Waals surface area contributed by atoms with Crippen LogP contribution in [0.5, 0.6) is 0 Å². The van der Waals surface area contributed by atoms with E-state index in [-0.39, 0.29) is 11.8 Å². The highest BCUT2D eigenvalue weighted by atomic mass is 16.1. The Bertz CT molecular complexity index is 510. The maximum Gasteiger partial charge on any atom is 0.179 e. The van der Waals surface area contributed by atoms with Crippen LogP contribution in [0.4, 0.5) is 0 Å². The van der Waals surface area contributed by atoms with Crippen LogP contribution in [0.3, 0.4) is 0 Å². The van der Waals surface area contributed by atoms with E-state index in [4.69, 9.17) is 0 Å². The smallest absolute Gasteiger partial charge is 0.179 e. The van der Waals surface area contributed by atoms with Crippen LogP contribution >= 0.6 is 0 Å². The highest BCUT2D eigenvalue weighted by Crippen LogP contribution is 2.23. The second-order valence-electron chi connectivity index (χ2n) is 6.64. The number of aryl methyl sites for hydroxylation is 2. The highest BCUT2D eigenvalue weighted by Gasteiger charge is 2.32. The predicted octanol–water partition coefficient (Wildman–Crippen LogP) is 2.90. The Hall–Kier alpha value is -1.19. The average molecular weight is 288 g/mol.